The first-order valence-electron chi connectivity index (χ1n) is 5.66. The van der Waals surface area contributed by atoms with Gasteiger partial charge in [-0.3, -0.25) is 10.1 Å². The maximum absolute atomic E-state index is 13.2. The molecule has 1 unspecified atom stereocenters. The molecule has 1 fully saturated rings. The average Bonchev–Trinajstić information content (AvgIpc) is 2.97. The highest BCUT2D eigenvalue weighted by Crippen LogP contribution is 2.29. The lowest BCUT2D eigenvalue weighted by atomic mass is 10.1. The molecule has 2 aliphatic heterocycles. The summed E-state index contributed by atoms with van der Waals surface area (Å²) in [6, 6.07) is 4.57. The summed E-state index contributed by atoms with van der Waals surface area (Å²) in [5.74, 6) is 1.41. The van der Waals surface area contributed by atoms with Gasteiger partial charge in [0, 0.05) is 23.9 Å². The lowest BCUT2D eigenvalue weighted by molar-refractivity contribution is -0.119. The van der Waals surface area contributed by atoms with Crippen LogP contribution in [-0.2, 0) is 11.2 Å². The fraction of sp³-hybridized carbons (Fsp3) is 0.417. The van der Waals surface area contributed by atoms with Crippen molar-refractivity contribution in [1.29, 1.82) is 0 Å². The molecule has 6 heteroatoms. The van der Waals surface area contributed by atoms with E-state index in [4.69, 9.17) is 0 Å². The molecule has 1 atom stereocenters. The first-order valence-corrected chi connectivity index (χ1v) is 6.82. The number of fused-ring (bicyclic) bond motifs is 1. The Labute approximate surface area is 116 Å². The standard InChI is InChI=1S/C12H13FN2OS.ClH/c13-9-2-1-8-3-4-15(11(8)5-9)12(16)10-6-17-7-14-10;/h1-2,5,10,14H,3-4,6-7H2;1H. The van der Waals surface area contributed by atoms with Crippen molar-refractivity contribution >= 4 is 35.8 Å². The van der Waals surface area contributed by atoms with E-state index < -0.39 is 0 Å². The van der Waals surface area contributed by atoms with Crippen LogP contribution in [0, 0.1) is 5.82 Å². The van der Waals surface area contributed by atoms with Gasteiger partial charge in [0.2, 0.25) is 5.91 Å². The summed E-state index contributed by atoms with van der Waals surface area (Å²) in [7, 11) is 0. The summed E-state index contributed by atoms with van der Waals surface area (Å²) in [6.45, 7) is 0.667. The Kier molecular flexibility index (Phi) is 4.14. The van der Waals surface area contributed by atoms with Gasteiger partial charge in [0.25, 0.3) is 0 Å². The summed E-state index contributed by atoms with van der Waals surface area (Å²) < 4.78 is 13.2. The molecule has 1 aromatic carbocycles. The van der Waals surface area contributed by atoms with E-state index in [1.165, 1.54) is 12.1 Å². The fourth-order valence-corrected chi connectivity index (χ4v) is 3.26. The molecule has 0 spiro atoms. The summed E-state index contributed by atoms with van der Waals surface area (Å²) in [6.07, 6.45) is 0.821. The molecule has 3 rings (SSSR count). The van der Waals surface area contributed by atoms with Gasteiger partial charge in [-0.1, -0.05) is 6.07 Å². The molecular weight excluding hydrogens is 275 g/mol. The summed E-state index contributed by atoms with van der Waals surface area (Å²) in [5, 5.41) is 3.16. The molecule has 2 heterocycles. The molecule has 0 radical (unpaired) electrons. The van der Waals surface area contributed by atoms with E-state index in [9.17, 15) is 9.18 Å². The molecule has 2 aliphatic rings. The first kappa shape index (κ1) is 13.6. The minimum Gasteiger partial charge on any atom is -0.310 e. The minimum absolute atomic E-state index is 0. The van der Waals surface area contributed by atoms with Gasteiger partial charge in [0.1, 0.15) is 5.82 Å². The molecule has 0 aromatic heterocycles. The van der Waals surface area contributed by atoms with E-state index >= 15 is 0 Å². The largest absolute Gasteiger partial charge is 0.310 e. The number of nitrogens with one attached hydrogen (secondary N) is 1. The molecule has 3 nitrogen and oxygen atoms in total. The number of benzene rings is 1. The zero-order chi connectivity index (χ0) is 11.8. The maximum Gasteiger partial charge on any atom is 0.245 e. The highest BCUT2D eigenvalue weighted by molar-refractivity contribution is 7.99. The van der Waals surface area contributed by atoms with Crippen molar-refractivity contribution < 1.29 is 9.18 Å². The van der Waals surface area contributed by atoms with Gasteiger partial charge >= 0.3 is 0 Å². The van der Waals surface area contributed by atoms with Crippen LogP contribution < -0.4 is 10.2 Å². The SMILES string of the molecule is Cl.O=C(C1CSCN1)N1CCc2ccc(F)cc21. The predicted molar refractivity (Wildman–Crippen MR) is 74.0 cm³/mol. The van der Waals surface area contributed by atoms with Gasteiger partial charge in [-0.05, 0) is 24.1 Å². The minimum atomic E-state index is -0.280. The summed E-state index contributed by atoms with van der Waals surface area (Å²) >= 11 is 1.72. The molecule has 0 saturated carbocycles. The lowest BCUT2D eigenvalue weighted by Crippen LogP contribution is -2.44. The van der Waals surface area contributed by atoms with Crippen LogP contribution in [0.5, 0.6) is 0 Å². The van der Waals surface area contributed by atoms with Crippen molar-refractivity contribution in [1.82, 2.24) is 5.32 Å². The average molecular weight is 289 g/mol. The second-order valence-electron chi connectivity index (χ2n) is 4.28. The second kappa shape index (κ2) is 5.47. The highest BCUT2D eigenvalue weighted by atomic mass is 35.5. The summed E-state index contributed by atoms with van der Waals surface area (Å²) in [4.78, 5) is 14.0. The number of rotatable bonds is 1. The Bertz CT molecular complexity index is 465. The number of halogens is 2. The van der Waals surface area contributed by atoms with Crippen molar-refractivity contribution in [2.45, 2.75) is 12.5 Å². The van der Waals surface area contributed by atoms with Gasteiger partial charge in [0.15, 0.2) is 0 Å². The van der Waals surface area contributed by atoms with Gasteiger partial charge < -0.3 is 4.90 Å². The Hall–Kier alpha value is -0.780. The number of carbonyl (C=O) groups excluding carboxylic acids is 1. The number of anilines is 1. The predicted octanol–water partition coefficient (Wildman–Crippen LogP) is 1.80. The number of hydrogen-bond acceptors (Lipinski definition) is 3. The van der Waals surface area contributed by atoms with Crippen molar-refractivity contribution in [3.8, 4) is 0 Å². The zero-order valence-electron chi connectivity index (χ0n) is 9.69. The molecule has 18 heavy (non-hydrogen) atoms. The number of nitrogens with zero attached hydrogens (tertiary/aromatic N) is 1. The molecule has 1 saturated heterocycles. The number of hydrogen-bond donors (Lipinski definition) is 1. The molecule has 1 N–H and O–H groups in total. The van der Waals surface area contributed by atoms with Crippen LogP contribution in [0.15, 0.2) is 18.2 Å². The quantitative estimate of drug-likeness (QED) is 0.855. The number of thioether (sulfide) groups is 1. The maximum atomic E-state index is 13.2. The van der Waals surface area contributed by atoms with Crippen LogP contribution in [0.1, 0.15) is 5.56 Å². The lowest BCUT2D eigenvalue weighted by Gasteiger charge is -2.21. The Morgan fingerprint density at radius 2 is 2.33 bits per heavy atom. The molecule has 1 amide bonds. The van der Waals surface area contributed by atoms with Crippen LogP contribution in [-0.4, -0.2) is 30.1 Å². The van der Waals surface area contributed by atoms with Crippen LogP contribution in [0.2, 0.25) is 0 Å². The molecule has 1 aromatic rings. The monoisotopic (exact) mass is 288 g/mol. The van der Waals surface area contributed by atoms with Crippen molar-refractivity contribution in [2.75, 3.05) is 23.1 Å². The van der Waals surface area contributed by atoms with Gasteiger partial charge in [-0.25, -0.2) is 4.39 Å². The Morgan fingerprint density at radius 3 is 3.06 bits per heavy atom. The van der Waals surface area contributed by atoms with Crippen LogP contribution in [0.25, 0.3) is 0 Å². The van der Waals surface area contributed by atoms with Crippen LogP contribution in [0.4, 0.5) is 10.1 Å². The number of carbonyl (C=O) groups is 1. The topological polar surface area (TPSA) is 32.3 Å². The molecular formula is C12H14ClFN2OS. The first-order chi connectivity index (χ1) is 8.25. The molecule has 0 bridgehead atoms. The normalized spacial score (nSPS) is 21.6. The highest BCUT2D eigenvalue weighted by Gasteiger charge is 2.32. The van der Waals surface area contributed by atoms with E-state index in [-0.39, 0.29) is 30.2 Å². The fourth-order valence-electron chi connectivity index (χ4n) is 2.32. The van der Waals surface area contributed by atoms with Crippen LogP contribution in [0.3, 0.4) is 0 Å². The van der Waals surface area contributed by atoms with Gasteiger partial charge in [0.05, 0.1) is 6.04 Å². The van der Waals surface area contributed by atoms with Crippen LogP contribution >= 0.6 is 24.2 Å². The third kappa shape index (κ3) is 2.35. The van der Waals surface area contributed by atoms with Gasteiger partial charge in [-0.2, -0.15) is 0 Å². The van der Waals surface area contributed by atoms with Crippen molar-refractivity contribution in [2.24, 2.45) is 0 Å². The van der Waals surface area contributed by atoms with Crippen molar-refractivity contribution in [3.05, 3.63) is 29.6 Å². The molecule has 0 aliphatic carbocycles. The van der Waals surface area contributed by atoms with Gasteiger partial charge in [-0.15, -0.1) is 24.2 Å². The van der Waals surface area contributed by atoms with E-state index in [2.05, 4.69) is 5.32 Å². The van der Waals surface area contributed by atoms with E-state index in [1.54, 1.807) is 22.7 Å². The smallest absolute Gasteiger partial charge is 0.245 e. The Morgan fingerprint density at radius 1 is 1.50 bits per heavy atom. The van der Waals surface area contributed by atoms with E-state index in [0.717, 1.165) is 29.3 Å². The summed E-state index contributed by atoms with van der Waals surface area (Å²) in [5.41, 5.74) is 1.80. The van der Waals surface area contributed by atoms with E-state index in [0.29, 0.717) is 6.54 Å². The third-order valence-electron chi connectivity index (χ3n) is 3.22. The van der Waals surface area contributed by atoms with E-state index in [1.807, 2.05) is 0 Å². The van der Waals surface area contributed by atoms with Crippen molar-refractivity contribution in [3.63, 3.8) is 0 Å². The Balaban J connectivity index is 0.00000120. The molecule has 98 valence electrons. The number of amides is 1. The third-order valence-corrected chi connectivity index (χ3v) is 4.16. The second-order valence-corrected chi connectivity index (χ2v) is 5.32. The zero-order valence-corrected chi connectivity index (χ0v) is 11.3.